The van der Waals surface area contributed by atoms with Gasteiger partial charge in [-0.05, 0) is 11.6 Å². The van der Waals surface area contributed by atoms with Crippen molar-refractivity contribution >= 4 is 18.1 Å². The van der Waals surface area contributed by atoms with Crippen molar-refractivity contribution in [2.75, 3.05) is 13.1 Å². The van der Waals surface area contributed by atoms with Crippen LogP contribution in [0.25, 0.3) is 6.08 Å². The maximum atomic E-state index is 12.4. The van der Waals surface area contributed by atoms with Crippen molar-refractivity contribution in [3.8, 4) is 0 Å². The van der Waals surface area contributed by atoms with Gasteiger partial charge in [0.2, 0.25) is 5.91 Å². The highest BCUT2D eigenvalue weighted by atomic mass is 19.4. The predicted octanol–water partition coefficient (Wildman–Crippen LogP) is 3.13. The number of halogens is 6. The Balaban J connectivity index is 1.80. The van der Waals surface area contributed by atoms with Gasteiger partial charge in [-0.3, -0.25) is 4.79 Å². The second-order valence-corrected chi connectivity index (χ2v) is 5.70. The molecule has 0 aliphatic carbocycles. The van der Waals surface area contributed by atoms with E-state index in [4.69, 9.17) is 0 Å². The molecule has 1 fully saturated rings. The minimum absolute atomic E-state index is 0.258. The molecule has 1 aromatic carbocycles. The standard InChI is InChI=1S/C16H14F6N2O3/c17-15(18,19)13(16(20,21)22)27-14(26)24-8-11(9-24)23-12(25)7-6-10-4-2-1-3-5-10/h1-7,11,13H,8-9H2,(H,23,25)/b7-6+. The zero-order valence-corrected chi connectivity index (χ0v) is 13.6. The quantitative estimate of drug-likeness (QED) is 0.629. The number of nitrogens with zero attached hydrogens (tertiary/aromatic N) is 1. The van der Waals surface area contributed by atoms with Crippen LogP contribution in [0.2, 0.25) is 0 Å². The summed E-state index contributed by atoms with van der Waals surface area (Å²) in [5.74, 6) is -0.514. The third kappa shape index (κ3) is 5.90. The highest BCUT2D eigenvalue weighted by Crippen LogP contribution is 2.36. The third-order valence-corrected chi connectivity index (χ3v) is 3.53. The fourth-order valence-electron chi connectivity index (χ4n) is 2.20. The van der Waals surface area contributed by atoms with Crippen LogP contribution in [0.1, 0.15) is 5.56 Å². The lowest BCUT2D eigenvalue weighted by molar-refractivity contribution is -0.308. The summed E-state index contributed by atoms with van der Waals surface area (Å²) in [7, 11) is 0. The largest absolute Gasteiger partial charge is 0.434 e. The molecule has 27 heavy (non-hydrogen) atoms. The monoisotopic (exact) mass is 396 g/mol. The lowest BCUT2D eigenvalue weighted by Gasteiger charge is -2.39. The van der Waals surface area contributed by atoms with Crippen LogP contribution in [0, 0.1) is 0 Å². The van der Waals surface area contributed by atoms with Crippen LogP contribution in [0.5, 0.6) is 0 Å². The number of amides is 2. The first-order valence-corrected chi connectivity index (χ1v) is 7.59. The highest BCUT2D eigenvalue weighted by molar-refractivity contribution is 5.92. The van der Waals surface area contributed by atoms with Gasteiger partial charge in [0.15, 0.2) is 0 Å². The predicted molar refractivity (Wildman–Crippen MR) is 81.4 cm³/mol. The van der Waals surface area contributed by atoms with Crippen molar-refractivity contribution in [1.29, 1.82) is 0 Å². The summed E-state index contributed by atoms with van der Waals surface area (Å²) < 4.78 is 77.7. The number of alkyl halides is 6. The highest BCUT2D eigenvalue weighted by Gasteiger charge is 2.60. The Morgan fingerprint density at radius 2 is 1.63 bits per heavy atom. The molecule has 0 bridgehead atoms. The van der Waals surface area contributed by atoms with Crippen LogP contribution in [0.3, 0.4) is 0 Å². The topological polar surface area (TPSA) is 58.6 Å². The Bertz CT molecular complexity index is 682. The second-order valence-electron chi connectivity index (χ2n) is 5.70. The van der Waals surface area contributed by atoms with Gasteiger partial charge in [-0.1, -0.05) is 30.3 Å². The normalized spacial score (nSPS) is 15.7. The summed E-state index contributed by atoms with van der Waals surface area (Å²) in [5.41, 5.74) is 0.761. The van der Waals surface area contributed by atoms with Gasteiger partial charge in [0.1, 0.15) is 0 Å². The van der Waals surface area contributed by atoms with Gasteiger partial charge >= 0.3 is 18.4 Å². The van der Waals surface area contributed by atoms with Crippen LogP contribution in [0.15, 0.2) is 36.4 Å². The third-order valence-electron chi connectivity index (χ3n) is 3.53. The van der Waals surface area contributed by atoms with E-state index >= 15 is 0 Å². The van der Waals surface area contributed by atoms with Crippen LogP contribution in [-0.2, 0) is 9.53 Å². The van der Waals surface area contributed by atoms with Crippen molar-refractivity contribution in [1.82, 2.24) is 10.2 Å². The minimum atomic E-state index is -5.77. The Labute approximate surface area is 149 Å². The van der Waals surface area contributed by atoms with E-state index in [-0.39, 0.29) is 13.1 Å². The molecule has 0 spiro atoms. The van der Waals surface area contributed by atoms with Crippen LogP contribution in [0.4, 0.5) is 31.1 Å². The van der Waals surface area contributed by atoms with Gasteiger partial charge in [-0.2, -0.15) is 26.3 Å². The number of ether oxygens (including phenoxy) is 1. The first-order chi connectivity index (χ1) is 12.5. The molecule has 0 atom stereocenters. The van der Waals surface area contributed by atoms with Crippen molar-refractivity contribution in [2.24, 2.45) is 0 Å². The number of carbonyl (C=O) groups is 2. The first-order valence-electron chi connectivity index (χ1n) is 7.59. The Morgan fingerprint density at radius 3 is 2.15 bits per heavy atom. The molecule has 1 N–H and O–H groups in total. The van der Waals surface area contributed by atoms with Gasteiger partial charge in [-0.15, -0.1) is 0 Å². The fraction of sp³-hybridized carbons (Fsp3) is 0.375. The van der Waals surface area contributed by atoms with Crippen molar-refractivity contribution < 1.29 is 40.7 Å². The molecule has 2 amide bonds. The maximum Gasteiger partial charge on any atom is 0.434 e. The van der Waals surface area contributed by atoms with Gasteiger partial charge in [-0.25, -0.2) is 4.79 Å². The summed E-state index contributed by atoms with van der Waals surface area (Å²) in [4.78, 5) is 23.8. The number of nitrogens with one attached hydrogen (secondary N) is 1. The van der Waals surface area contributed by atoms with Crippen molar-refractivity contribution in [3.05, 3.63) is 42.0 Å². The molecule has 0 radical (unpaired) electrons. The molecule has 1 saturated heterocycles. The molecule has 5 nitrogen and oxygen atoms in total. The van der Waals surface area contributed by atoms with Crippen molar-refractivity contribution in [2.45, 2.75) is 24.5 Å². The second kappa shape index (κ2) is 7.89. The average molecular weight is 396 g/mol. The van der Waals surface area contributed by atoms with Gasteiger partial charge in [0.25, 0.3) is 6.10 Å². The Kier molecular flexibility index (Phi) is 6.01. The Hall–Kier alpha value is -2.72. The summed E-state index contributed by atoms with van der Waals surface area (Å²) in [6, 6.07) is 8.23. The summed E-state index contributed by atoms with van der Waals surface area (Å²) in [6.45, 7) is -0.516. The molecule has 0 saturated carbocycles. The van der Waals surface area contributed by atoms with Crippen LogP contribution in [-0.4, -0.2) is 54.5 Å². The lowest BCUT2D eigenvalue weighted by Crippen LogP contribution is -2.62. The Morgan fingerprint density at radius 1 is 1.07 bits per heavy atom. The number of hydrogen-bond acceptors (Lipinski definition) is 3. The van der Waals surface area contributed by atoms with E-state index in [9.17, 15) is 35.9 Å². The summed E-state index contributed by atoms with van der Waals surface area (Å²) in [6.07, 6.45) is -14.7. The first kappa shape index (κ1) is 20.6. The zero-order chi connectivity index (χ0) is 20.2. The van der Waals surface area contributed by atoms with E-state index in [2.05, 4.69) is 10.1 Å². The summed E-state index contributed by atoms with van der Waals surface area (Å²) in [5, 5.41) is 2.47. The molecule has 11 heteroatoms. The van der Waals surface area contributed by atoms with Gasteiger partial charge in [0.05, 0.1) is 6.04 Å². The molecule has 1 aliphatic rings. The SMILES string of the molecule is O=C(/C=C/c1ccccc1)NC1CN(C(=O)OC(C(F)(F)F)C(F)(F)F)C1. The van der Waals surface area contributed by atoms with E-state index in [1.165, 1.54) is 12.2 Å². The minimum Gasteiger partial charge on any atom is -0.426 e. The number of rotatable bonds is 4. The maximum absolute atomic E-state index is 12.4. The molecule has 2 rings (SSSR count). The average Bonchev–Trinajstić information content (AvgIpc) is 2.52. The molecular formula is C16H14F6N2O3. The van der Waals surface area contributed by atoms with E-state index in [1.807, 2.05) is 0 Å². The zero-order valence-electron chi connectivity index (χ0n) is 13.6. The van der Waals surface area contributed by atoms with E-state index in [0.29, 0.717) is 4.90 Å². The van der Waals surface area contributed by atoms with E-state index in [0.717, 1.165) is 5.56 Å². The molecule has 0 unspecified atom stereocenters. The van der Waals surface area contributed by atoms with Gasteiger partial charge < -0.3 is 15.0 Å². The molecule has 1 heterocycles. The smallest absolute Gasteiger partial charge is 0.426 e. The number of carbonyl (C=O) groups excluding carboxylic acids is 2. The summed E-state index contributed by atoms with van der Waals surface area (Å²) >= 11 is 0. The number of likely N-dealkylation sites (tertiary alicyclic amines) is 1. The fourth-order valence-corrected chi connectivity index (χ4v) is 2.20. The molecule has 1 aromatic rings. The van der Waals surface area contributed by atoms with Crippen molar-refractivity contribution in [3.63, 3.8) is 0 Å². The number of hydrogen-bond donors (Lipinski definition) is 1. The van der Waals surface area contributed by atoms with Crippen LogP contribution >= 0.6 is 0 Å². The molecule has 148 valence electrons. The molecule has 0 aromatic heterocycles. The molecular weight excluding hydrogens is 382 g/mol. The van der Waals surface area contributed by atoms with E-state index in [1.54, 1.807) is 30.3 Å². The lowest BCUT2D eigenvalue weighted by atomic mass is 10.1. The number of benzene rings is 1. The van der Waals surface area contributed by atoms with E-state index < -0.39 is 36.5 Å². The molecule has 1 aliphatic heterocycles. The van der Waals surface area contributed by atoms with Crippen LogP contribution < -0.4 is 5.32 Å². The van der Waals surface area contributed by atoms with Gasteiger partial charge in [0, 0.05) is 19.2 Å².